The van der Waals surface area contributed by atoms with E-state index in [1.807, 2.05) is 40.6 Å². The second kappa shape index (κ2) is 8.06. The lowest BCUT2D eigenvalue weighted by molar-refractivity contribution is -0.134. The zero-order valence-corrected chi connectivity index (χ0v) is 16.4. The molecule has 6 heteroatoms. The molecule has 0 radical (unpaired) electrons. The van der Waals surface area contributed by atoms with Gasteiger partial charge in [-0.3, -0.25) is 4.79 Å². The van der Waals surface area contributed by atoms with Crippen LogP contribution in [0.25, 0.3) is 0 Å². The summed E-state index contributed by atoms with van der Waals surface area (Å²) in [5.74, 6) is 3.33. The summed E-state index contributed by atoms with van der Waals surface area (Å²) in [7, 11) is 0. The number of fused-ring (bicyclic) bond motifs is 1. The summed E-state index contributed by atoms with van der Waals surface area (Å²) in [6.07, 6.45) is 2.27. The quantitative estimate of drug-likeness (QED) is 0.763. The van der Waals surface area contributed by atoms with Crippen molar-refractivity contribution in [3.8, 4) is 5.75 Å². The summed E-state index contributed by atoms with van der Waals surface area (Å²) in [5, 5.41) is 2.11. The first-order chi connectivity index (χ1) is 12.3. The zero-order valence-electron chi connectivity index (χ0n) is 14.0. The van der Waals surface area contributed by atoms with Crippen molar-refractivity contribution in [2.24, 2.45) is 0 Å². The molecule has 0 unspecified atom stereocenters. The van der Waals surface area contributed by atoms with Crippen molar-refractivity contribution in [2.45, 2.75) is 24.0 Å². The van der Waals surface area contributed by atoms with Crippen LogP contribution >= 0.6 is 34.9 Å². The van der Waals surface area contributed by atoms with Crippen LogP contribution in [0, 0.1) is 0 Å². The second-order valence-corrected chi connectivity index (χ2v) is 9.94. The van der Waals surface area contributed by atoms with E-state index in [2.05, 4.69) is 23.6 Å². The highest BCUT2D eigenvalue weighted by Gasteiger charge is 2.22. The van der Waals surface area contributed by atoms with E-state index in [1.165, 1.54) is 33.9 Å². The maximum absolute atomic E-state index is 12.4. The van der Waals surface area contributed by atoms with Gasteiger partial charge in [0.2, 0.25) is 0 Å². The molecule has 0 spiro atoms. The molecule has 3 heterocycles. The fraction of sp³-hybridized carbons (Fsp3) is 0.421. The van der Waals surface area contributed by atoms with Crippen molar-refractivity contribution in [3.05, 3.63) is 51.7 Å². The van der Waals surface area contributed by atoms with Crippen LogP contribution in [0.5, 0.6) is 5.75 Å². The van der Waals surface area contributed by atoms with Crippen LogP contribution < -0.4 is 4.74 Å². The highest BCUT2D eigenvalue weighted by atomic mass is 32.2. The maximum Gasteiger partial charge on any atom is 0.260 e. The smallest absolute Gasteiger partial charge is 0.260 e. The molecule has 2 aliphatic rings. The first-order valence-electron chi connectivity index (χ1n) is 8.58. The predicted octanol–water partition coefficient (Wildman–Crippen LogP) is 4.58. The molecule has 132 valence electrons. The topological polar surface area (TPSA) is 29.5 Å². The maximum atomic E-state index is 12.4. The molecule has 0 N–H and O–H groups in total. The van der Waals surface area contributed by atoms with Crippen LogP contribution in [-0.4, -0.2) is 35.5 Å². The molecule has 1 fully saturated rings. The van der Waals surface area contributed by atoms with E-state index in [0.717, 1.165) is 25.3 Å². The van der Waals surface area contributed by atoms with Gasteiger partial charge in [0.15, 0.2) is 6.61 Å². The van der Waals surface area contributed by atoms with Gasteiger partial charge in [-0.2, -0.15) is 0 Å². The molecule has 2 aliphatic heterocycles. The van der Waals surface area contributed by atoms with Crippen molar-refractivity contribution >= 4 is 40.8 Å². The summed E-state index contributed by atoms with van der Waals surface area (Å²) in [6, 6.07) is 10.4. The van der Waals surface area contributed by atoms with Crippen LogP contribution in [0.4, 0.5) is 0 Å². The van der Waals surface area contributed by atoms with Gasteiger partial charge in [0.1, 0.15) is 5.75 Å². The molecule has 1 aromatic heterocycles. The second-order valence-electron chi connectivity index (χ2n) is 6.22. The van der Waals surface area contributed by atoms with Crippen molar-refractivity contribution in [1.29, 1.82) is 0 Å². The molecule has 1 saturated heterocycles. The molecule has 25 heavy (non-hydrogen) atoms. The minimum absolute atomic E-state index is 0.0688. The van der Waals surface area contributed by atoms with Gasteiger partial charge in [0, 0.05) is 18.0 Å². The number of thiophene rings is 1. The number of benzene rings is 1. The molecule has 1 amide bonds. The summed E-state index contributed by atoms with van der Waals surface area (Å²) >= 11 is 5.82. The van der Waals surface area contributed by atoms with Crippen LogP contribution in [0.1, 0.15) is 27.0 Å². The van der Waals surface area contributed by atoms with Gasteiger partial charge in [0.05, 0.1) is 4.58 Å². The van der Waals surface area contributed by atoms with Gasteiger partial charge in [-0.25, -0.2) is 0 Å². The zero-order chi connectivity index (χ0) is 17.1. The average Bonchev–Trinajstić information content (AvgIpc) is 3.15. The number of rotatable bonds is 4. The van der Waals surface area contributed by atoms with Gasteiger partial charge in [-0.1, -0.05) is 12.1 Å². The molecular formula is C19H21NO2S3. The standard InChI is InChI=1S/C19H21NO2S3/c21-18(20-8-6-17-15(12-20)7-11-23-17)13-22-16-4-2-14(3-5-16)19-24-9-1-10-25-19/h2-5,7,11,19H,1,6,8-10,12-13H2. The SMILES string of the molecule is O=C(COc1ccc(C2SCCCS2)cc1)N1CCc2sccc2C1. The predicted molar refractivity (Wildman–Crippen MR) is 108 cm³/mol. The van der Waals surface area contributed by atoms with Gasteiger partial charge < -0.3 is 9.64 Å². The van der Waals surface area contributed by atoms with Crippen LogP contribution in [0.15, 0.2) is 35.7 Å². The number of carbonyl (C=O) groups excluding carboxylic acids is 1. The fourth-order valence-corrected chi connectivity index (χ4v) is 6.88. The normalized spacial score (nSPS) is 18.0. The van der Waals surface area contributed by atoms with Gasteiger partial charge >= 0.3 is 0 Å². The van der Waals surface area contributed by atoms with Crippen molar-refractivity contribution in [2.75, 3.05) is 24.7 Å². The lowest BCUT2D eigenvalue weighted by atomic mass is 10.1. The minimum Gasteiger partial charge on any atom is -0.484 e. The number of ether oxygens (including phenoxy) is 1. The molecule has 1 aromatic carbocycles. The third-order valence-electron chi connectivity index (χ3n) is 4.50. The first kappa shape index (κ1) is 17.3. The third-order valence-corrected chi connectivity index (χ3v) is 8.54. The third kappa shape index (κ3) is 4.18. The summed E-state index contributed by atoms with van der Waals surface area (Å²) < 4.78 is 6.27. The van der Waals surface area contributed by atoms with Gasteiger partial charge in [0.25, 0.3) is 5.91 Å². The Morgan fingerprint density at radius 3 is 2.76 bits per heavy atom. The molecule has 3 nitrogen and oxygen atoms in total. The molecule has 0 bridgehead atoms. The Bertz CT molecular complexity index is 723. The number of nitrogens with zero attached hydrogens (tertiary/aromatic N) is 1. The monoisotopic (exact) mass is 391 g/mol. The Morgan fingerprint density at radius 1 is 1.16 bits per heavy atom. The van der Waals surface area contributed by atoms with E-state index in [1.54, 1.807) is 11.3 Å². The van der Waals surface area contributed by atoms with Gasteiger partial charge in [-0.05, 0) is 59.1 Å². The van der Waals surface area contributed by atoms with E-state index in [-0.39, 0.29) is 12.5 Å². The van der Waals surface area contributed by atoms with E-state index >= 15 is 0 Å². The summed E-state index contributed by atoms with van der Waals surface area (Å²) in [4.78, 5) is 15.7. The van der Waals surface area contributed by atoms with E-state index in [9.17, 15) is 4.79 Å². The summed E-state index contributed by atoms with van der Waals surface area (Å²) in [5.41, 5.74) is 2.63. The first-order valence-corrected chi connectivity index (χ1v) is 11.6. The van der Waals surface area contributed by atoms with Crippen LogP contribution in [0.2, 0.25) is 0 Å². The van der Waals surface area contributed by atoms with Crippen molar-refractivity contribution in [3.63, 3.8) is 0 Å². The fourth-order valence-electron chi connectivity index (χ4n) is 3.10. The number of thioether (sulfide) groups is 2. The molecule has 0 atom stereocenters. The Morgan fingerprint density at radius 2 is 1.96 bits per heavy atom. The average molecular weight is 392 g/mol. The largest absolute Gasteiger partial charge is 0.484 e. The number of amides is 1. The van der Waals surface area contributed by atoms with Crippen molar-refractivity contribution in [1.82, 2.24) is 4.90 Å². The molecule has 0 saturated carbocycles. The van der Waals surface area contributed by atoms with Crippen molar-refractivity contribution < 1.29 is 9.53 Å². The lowest BCUT2D eigenvalue weighted by Crippen LogP contribution is -2.38. The lowest BCUT2D eigenvalue weighted by Gasteiger charge is -2.27. The van der Waals surface area contributed by atoms with E-state index in [0.29, 0.717) is 4.58 Å². The molecule has 4 rings (SSSR count). The highest BCUT2D eigenvalue weighted by molar-refractivity contribution is 8.16. The minimum atomic E-state index is 0.0688. The highest BCUT2D eigenvalue weighted by Crippen LogP contribution is 2.43. The Balaban J connectivity index is 1.30. The van der Waals surface area contributed by atoms with E-state index in [4.69, 9.17) is 4.74 Å². The number of hydrogen-bond acceptors (Lipinski definition) is 5. The van der Waals surface area contributed by atoms with E-state index < -0.39 is 0 Å². The Labute approximate surface area is 161 Å². The Hall–Kier alpha value is -1.11. The molecular weight excluding hydrogens is 370 g/mol. The molecule has 0 aliphatic carbocycles. The van der Waals surface area contributed by atoms with Crippen LogP contribution in [0.3, 0.4) is 0 Å². The number of hydrogen-bond donors (Lipinski definition) is 0. The number of carbonyl (C=O) groups is 1. The molecule has 2 aromatic rings. The van der Waals surface area contributed by atoms with Gasteiger partial charge in [-0.15, -0.1) is 34.9 Å². The van der Waals surface area contributed by atoms with Crippen LogP contribution in [-0.2, 0) is 17.8 Å². The summed E-state index contributed by atoms with van der Waals surface area (Å²) in [6.45, 7) is 1.63. The Kier molecular flexibility index (Phi) is 5.58.